The van der Waals surface area contributed by atoms with Crippen LogP contribution in [0.15, 0.2) is 0 Å². The molecule has 0 atom stereocenters. The summed E-state index contributed by atoms with van der Waals surface area (Å²) in [7, 11) is 1.79. The summed E-state index contributed by atoms with van der Waals surface area (Å²) in [6.45, 7) is 7.12. The van der Waals surface area contributed by atoms with Crippen molar-refractivity contribution in [3.63, 3.8) is 0 Å². The Morgan fingerprint density at radius 3 is 2.53 bits per heavy atom. The number of hydrogen-bond acceptors (Lipinski definition) is 4. The van der Waals surface area contributed by atoms with E-state index in [2.05, 4.69) is 5.32 Å². The smallest absolute Gasteiger partial charge is 0.305 e. The molecule has 1 amide bonds. The van der Waals surface area contributed by atoms with Gasteiger partial charge in [0.1, 0.15) is 0 Å². The van der Waals surface area contributed by atoms with Gasteiger partial charge in [0.2, 0.25) is 5.91 Å². The van der Waals surface area contributed by atoms with Crippen molar-refractivity contribution in [1.82, 2.24) is 10.2 Å². The predicted molar refractivity (Wildman–Crippen MR) is 66.6 cm³/mol. The van der Waals surface area contributed by atoms with E-state index in [9.17, 15) is 9.59 Å². The number of hydrogen-bond donors (Lipinski definition) is 1. The minimum atomic E-state index is -0.181. The number of carbonyl (C=O) groups is 2. The predicted octanol–water partition coefficient (Wildman–Crippen LogP) is 0.786. The highest BCUT2D eigenvalue weighted by Crippen LogP contribution is 1.94. The van der Waals surface area contributed by atoms with Gasteiger partial charge in [-0.15, -0.1) is 0 Å². The lowest BCUT2D eigenvalue weighted by molar-refractivity contribution is -0.143. The van der Waals surface area contributed by atoms with Crippen molar-refractivity contribution >= 4 is 11.9 Å². The second-order valence-corrected chi connectivity index (χ2v) is 4.18. The summed E-state index contributed by atoms with van der Waals surface area (Å²) in [5, 5.41) is 3.02. The minimum absolute atomic E-state index is 0.0659. The van der Waals surface area contributed by atoms with E-state index in [1.807, 2.05) is 13.8 Å². The van der Waals surface area contributed by atoms with Crippen LogP contribution in [0, 0.1) is 0 Å². The number of rotatable bonds is 8. The quantitative estimate of drug-likeness (QED) is 0.506. The van der Waals surface area contributed by atoms with Gasteiger partial charge in [-0.25, -0.2) is 0 Å². The fourth-order valence-electron chi connectivity index (χ4n) is 1.20. The molecule has 0 aromatic rings. The van der Waals surface area contributed by atoms with Gasteiger partial charge in [0, 0.05) is 19.5 Å². The van der Waals surface area contributed by atoms with E-state index in [0.29, 0.717) is 32.5 Å². The first-order valence-corrected chi connectivity index (χ1v) is 6.11. The van der Waals surface area contributed by atoms with E-state index in [1.54, 1.807) is 18.9 Å². The van der Waals surface area contributed by atoms with Crippen molar-refractivity contribution < 1.29 is 14.3 Å². The van der Waals surface area contributed by atoms with Crippen LogP contribution in [0.1, 0.15) is 33.6 Å². The average molecular weight is 244 g/mol. The average Bonchev–Trinajstić information content (AvgIpc) is 2.27. The first-order chi connectivity index (χ1) is 7.99. The van der Waals surface area contributed by atoms with Gasteiger partial charge in [-0.05, 0) is 33.7 Å². The lowest BCUT2D eigenvalue weighted by Crippen LogP contribution is -2.39. The lowest BCUT2D eigenvalue weighted by atomic mass is 10.3. The van der Waals surface area contributed by atoms with Gasteiger partial charge in [-0.3, -0.25) is 9.59 Å². The maximum absolute atomic E-state index is 11.6. The summed E-state index contributed by atoms with van der Waals surface area (Å²) in [6, 6.07) is 0.212. The Morgan fingerprint density at radius 1 is 1.35 bits per heavy atom. The fourth-order valence-corrected chi connectivity index (χ4v) is 1.20. The van der Waals surface area contributed by atoms with Gasteiger partial charge in [-0.1, -0.05) is 0 Å². The van der Waals surface area contributed by atoms with E-state index >= 15 is 0 Å². The Bertz CT molecular complexity index is 242. The molecule has 0 fully saturated rings. The van der Waals surface area contributed by atoms with Crippen LogP contribution in [0.5, 0.6) is 0 Å². The molecule has 0 bridgehead atoms. The van der Waals surface area contributed by atoms with Crippen molar-refractivity contribution in [3.8, 4) is 0 Å². The molecule has 5 nitrogen and oxygen atoms in total. The number of amides is 1. The Morgan fingerprint density at radius 2 is 2.00 bits per heavy atom. The Kier molecular flexibility index (Phi) is 8.40. The summed E-state index contributed by atoms with van der Waals surface area (Å²) in [6.07, 6.45) is 1.09. The molecule has 5 heteroatoms. The zero-order valence-electron chi connectivity index (χ0n) is 11.3. The molecule has 0 heterocycles. The highest BCUT2D eigenvalue weighted by molar-refractivity contribution is 5.78. The third-order valence-electron chi connectivity index (χ3n) is 2.48. The molecule has 0 radical (unpaired) electrons. The topological polar surface area (TPSA) is 58.6 Å². The zero-order valence-corrected chi connectivity index (χ0v) is 11.3. The van der Waals surface area contributed by atoms with Crippen LogP contribution in [0.2, 0.25) is 0 Å². The lowest BCUT2D eigenvalue weighted by Gasteiger charge is -2.21. The monoisotopic (exact) mass is 244 g/mol. The Balaban J connectivity index is 3.52. The zero-order chi connectivity index (χ0) is 13.3. The summed E-state index contributed by atoms with van der Waals surface area (Å²) in [5.74, 6) is -0.115. The largest absolute Gasteiger partial charge is 0.466 e. The molecule has 0 aromatic carbocycles. The van der Waals surface area contributed by atoms with Gasteiger partial charge in [0.15, 0.2) is 0 Å². The van der Waals surface area contributed by atoms with Gasteiger partial charge < -0.3 is 15.0 Å². The third kappa shape index (κ3) is 7.74. The summed E-state index contributed by atoms with van der Waals surface area (Å²) >= 11 is 0. The van der Waals surface area contributed by atoms with E-state index in [0.717, 1.165) is 0 Å². The number of ether oxygens (including phenoxy) is 1. The van der Waals surface area contributed by atoms with Crippen molar-refractivity contribution in [2.45, 2.75) is 39.7 Å². The van der Waals surface area contributed by atoms with Crippen molar-refractivity contribution in [1.29, 1.82) is 0 Å². The second-order valence-electron chi connectivity index (χ2n) is 4.18. The number of nitrogens with zero attached hydrogens (tertiary/aromatic N) is 1. The number of likely N-dealkylation sites (N-methyl/N-ethyl adjacent to an activating group) is 1. The van der Waals surface area contributed by atoms with Crippen LogP contribution in [-0.2, 0) is 14.3 Å². The van der Waals surface area contributed by atoms with Crippen molar-refractivity contribution in [3.05, 3.63) is 0 Å². The molecular weight excluding hydrogens is 220 g/mol. The SMILES string of the molecule is CCOC(=O)CCCNCC(=O)N(C)C(C)C. The summed E-state index contributed by atoms with van der Waals surface area (Å²) in [5.41, 5.74) is 0. The number of esters is 1. The summed E-state index contributed by atoms with van der Waals surface area (Å²) in [4.78, 5) is 24.3. The maximum Gasteiger partial charge on any atom is 0.305 e. The van der Waals surface area contributed by atoms with E-state index < -0.39 is 0 Å². The molecule has 0 rings (SSSR count). The molecule has 17 heavy (non-hydrogen) atoms. The number of carbonyl (C=O) groups excluding carboxylic acids is 2. The second kappa shape index (κ2) is 8.98. The first-order valence-electron chi connectivity index (χ1n) is 6.11. The van der Waals surface area contributed by atoms with Gasteiger partial charge >= 0.3 is 5.97 Å². The fraction of sp³-hybridized carbons (Fsp3) is 0.833. The maximum atomic E-state index is 11.6. The van der Waals surface area contributed by atoms with Crippen LogP contribution in [0.4, 0.5) is 0 Å². The molecule has 0 aliphatic carbocycles. The van der Waals surface area contributed by atoms with Crippen LogP contribution < -0.4 is 5.32 Å². The van der Waals surface area contributed by atoms with Gasteiger partial charge in [-0.2, -0.15) is 0 Å². The molecular formula is C12H24N2O3. The Labute approximate surface area is 103 Å². The van der Waals surface area contributed by atoms with Crippen LogP contribution >= 0.6 is 0 Å². The van der Waals surface area contributed by atoms with E-state index in [1.165, 1.54) is 0 Å². The molecule has 0 spiro atoms. The number of nitrogens with one attached hydrogen (secondary N) is 1. The normalized spacial score (nSPS) is 10.4. The van der Waals surface area contributed by atoms with Gasteiger partial charge in [0.05, 0.1) is 13.2 Å². The minimum Gasteiger partial charge on any atom is -0.466 e. The van der Waals surface area contributed by atoms with Crippen molar-refractivity contribution in [2.24, 2.45) is 0 Å². The van der Waals surface area contributed by atoms with Crippen LogP contribution in [0.25, 0.3) is 0 Å². The molecule has 0 aliphatic heterocycles. The molecule has 0 unspecified atom stereocenters. The third-order valence-corrected chi connectivity index (χ3v) is 2.48. The van der Waals surface area contributed by atoms with Gasteiger partial charge in [0.25, 0.3) is 0 Å². The molecule has 0 saturated heterocycles. The van der Waals surface area contributed by atoms with Crippen LogP contribution in [0.3, 0.4) is 0 Å². The first kappa shape index (κ1) is 15.9. The van der Waals surface area contributed by atoms with Crippen molar-refractivity contribution in [2.75, 3.05) is 26.7 Å². The molecule has 1 N–H and O–H groups in total. The highest BCUT2D eigenvalue weighted by atomic mass is 16.5. The molecule has 0 saturated carbocycles. The highest BCUT2D eigenvalue weighted by Gasteiger charge is 2.10. The van der Waals surface area contributed by atoms with E-state index in [-0.39, 0.29) is 17.9 Å². The molecule has 100 valence electrons. The standard InChI is InChI=1S/C12H24N2O3/c1-5-17-12(16)7-6-8-13-9-11(15)14(4)10(2)3/h10,13H,5-9H2,1-4H3. The Hall–Kier alpha value is -1.10. The van der Waals surface area contributed by atoms with E-state index in [4.69, 9.17) is 4.74 Å². The molecule has 0 aliphatic rings. The molecule has 0 aromatic heterocycles. The summed E-state index contributed by atoms with van der Waals surface area (Å²) < 4.78 is 4.80. The van der Waals surface area contributed by atoms with Crippen LogP contribution in [-0.4, -0.2) is 49.6 Å².